The van der Waals surface area contributed by atoms with Gasteiger partial charge in [-0.15, -0.1) is 0 Å². The van der Waals surface area contributed by atoms with Crippen LogP contribution in [0.5, 0.6) is 0 Å². The second-order valence-electron chi connectivity index (χ2n) is 4.91. The van der Waals surface area contributed by atoms with Crippen LogP contribution < -0.4 is 4.90 Å². The van der Waals surface area contributed by atoms with E-state index in [1.807, 2.05) is 12.1 Å². The molecule has 4 heteroatoms. The normalized spacial score (nSPS) is 17.5. The molecule has 1 N–H and O–H groups in total. The van der Waals surface area contributed by atoms with Crippen LogP contribution in [0.1, 0.15) is 13.3 Å². The van der Waals surface area contributed by atoms with Crippen molar-refractivity contribution >= 4 is 17.0 Å². The fraction of sp³-hybridized carbons (Fsp3) is 0.500. The van der Waals surface area contributed by atoms with Crippen LogP contribution in [0.15, 0.2) is 24.3 Å². The molecule has 0 unspecified atom stereocenters. The number of aromatic nitrogens is 2. The molecule has 1 fully saturated rings. The molecule has 3 rings (SSSR count). The number of anilines is 1. The number of rotatable bonds is 3. The van der Waals surface area contributed by atoms with E-state index in [0.717, 1.165) is 43.2 Å². The lowest BCUT2D eigenvalue weighted by molar-refractivity contribution is 0.257. The number of H-pyrrole nitrogens is 1. The second kappa shape index (κ2) is 4.98. The molecule has 0 spiro atoms. The predicted molar refractivity (Wildman–Crippen MR) is 75.0 cm³/mol. The van der Waals surface area contributed by atoms with Crippen molar-refractivity contribution in [2.24, 2.45) is 0 Å². The number of imidazole rings is 1. The van der Waals surface area contributed by atoms with E-state index in [-0.39, 0.29) is 0 Å². The fourth-order valence-corrected chi connectivity index (χ4v) is 2.59. The van der Waals surface area contributed by atoms with Crippen molar-refractivity contribution in [3.8, 4) is 0 Å². The number of hydrogen-bond acceptors (Lipinski definition) is 3. The maximum atomic E-state index is 4.66. The Morgan fingerprint density at radius 1 is 1.17 bits per heavy atom. The van der Waals surface area contributed by atoms with Crippen molar-refractivity contribution in [2.45, 2.75) is 13.3 Å². The Morgan fingerprint density at radius 3 is 2.67 bits per heavy atom. The van der Waals surface area contributed by atoms with Crippen molar-refractivity contribution in [3.05, 3.63) is 24.3 Å². The smallest absolute Gasteiger partial charge is 0.203 e. The first-order valence-corrected chi connectivity index (χ1v) is 6.79. The summed E-state index contributed by atoms with van der Waals surface area (Å²) >= 11 is 0. The summed E-state index contributed by atoms with van der Waals surface area (Å²) in [7, 11) is 0. The molecule has 1 aromatic heterocycles. The minimum Gasteiger partial charge on any atom is -0.340 e. The van der Waals surface area contributed by atoms with Crippen LogP contribution >= 0.6 is 0 Å². The molecule has 0 radical (unpaired) electrons. The molecular weight excluding hydrogens is 224 g/mol. The Hall–Kier alpha value is -1.55. The summed E-state index contributed by atoms with van der Waals surface area (Å²) in [6.07, 6.45) is 1.24. The third-order valence-corrected chi connectivity index (χ3v) is 3.59. The number of aromatic amines is 1. The maximum absolute atomic E-state index is 4.66. The zero-order valence-electron chi connectivity index (χ0n) is 10.9. The highest BCUT2D eigenvalue weighted by atomic mass is 15.3. The maximum Gasteiger partial charge on any atom is 0.203 e. The standard InChI is InChI=1S/C14H20N4/c1-2-7-17-8-10-18(11-9-17)14-15-12-5-3-4-6-13(12)16-14/h3-6H,2,7-11H2,1H3,(H,15,16). The third kappa shape index (κ3) is 2.20. The van der Waals surface area contributed by atoms with E-state index < -0.39 is 0 Å². The van der Waals surface area contributed by atoms with E-state index in [2.05, 4.69) is 38.8 Å². The molecule has 0 aliphatic carbocycles. The van der Waals surface area contributed by atoms with Crippen LogP contribution in [-0.2, 0) is 0 Å². The topological polar surface area (TPSA) is 35.2 Å². The fourth-order valence-electron chi connectivity index (χ4n) is 2.59. The van der Waals surface area contributed by atoms with Crippen LogP contribution in [0.25, 0.3) is 11.0 Å². The van der Waals surface area contributed by atoms with E-state index in [1.165, 1.54) is 13.0 Å². The van der Waals surface area contributed by atoms with Gasteiger partial charge in [-0.1, -0.05) is 19.1 Å². The molecule has 0 saturated carbocycles. The molecule has 4 nitrogen and oxygen atoms in total. The Bertz CT molecular complexity index is 478. The molecule has 1 aliphatic rings. The van der Waals surface area contributed by atoms with Crippen LogP contribution in [0.4, 0.5) is 5.95 Å². The summed E-state index contributed by atoms with van der Waals surface area (Å²) in [5, 5.41) is 0. The molecule has 0 amide bonds. The van der Waals surface area contributed by atoms with E-state index in [9.17, 15) is 0 Å². The van der Waals surface area contributed by atoms with E-state index >= 15 is 0 Å². The van der Waals surface area contributed by atoms with Gasteiger partial charge in [0.25, 0.3) is 0 Å². The summed E-state index contributed by atoms with van der Waals surface area (Å²) in [4.78, 5) is 12.9. The van der Waals surface area contributed by atoms with Crippen LogP contribution in [0.2, 0.25) is 0 Å². The van der Waals surface area contributed by atoms with Crippen molar-refractivity contribution in [2.75, 3.05) is 37.6 Å². The van der Waals surface area contributed by atoms with E-state index in [4.69, 9.17) is 0 Å². The first-order chi connectivity index (χ1) is 8.86. The van der Waals surface area contributed by atoms with Crippen LogP contribution in [0, 0.1) is 0 Å². The number of para-hydroxylation sites is 2. The van der Waals surface area contributed by atoms with Gasteiger partial charge >= 0.3 is 0 Å². The lowest BCUT2D eigenvalue weighted by atomic mass is 10.3. The van der Waals surface area contributed by atoms with Crippen molar-refractivity contribution in [1.82, 2.24) is 14.9 Å². The van der Waals surface area contributed by atoms with Gasteiger partial charge in [0.2, 0.25) is 5.95 Å². The number of hydrogen-bond donors (Lipinski definition) is 1. The van der Waals surface area contributed by atoms with Gasteiger partial charge in [-0.05, 0) is 25.1 Å². The van der Waals surface area contributed by atoms with Crippen molar-refractivity contribution in [3.63, 3.8) is 0 Å². The van der Waals surface area contributed by atoms with E-state index in [0.29, 0.717) is 0 Å². The summed E-state index contributed by atoms with van der Waals surface area (Å²) in [5.41, 5.74) is 2.19. The van der Waals surface area contributed by atoms with Crippen LogP contribution in [-0.4, -0.2) is 47.6 Å². The van der Waals surface area contributed by atoms with Gasteiger partial charge in [-0.3, -0.25) is 4.90 Å². The van der Waals surface area contributed by atoms with E-state index in [1.54, 1.807) is 0 Å². The summed E-state index contributed by atoms with van der Waals surface area (Å²) in [6.45, 7) is 7.88. The predicted octanol–water partition coefficient (Wildman–Crippen LogP) is 2.09. The molecule has 1 saturated heterocycles. The molecule has 1 aromatic carbocycles. The molecule has 0 atom stereocenters. The van der Waals surface area contributed by atoms with Gasteiger partial charge in [0.15, 0.2) is 0 Å². The average Bonchev–Trinajstić information content (AvgIpc) is 2.84. The molecule has 2 heterocycles. The molecule has 0 bridgehead atoms. The molecule has 1 aliphatic heterocycles. The lowest BCUT2D eigenvalue weighted by Gasteiger charge is -2.34. The summed E-state index contributed by atoms with van der Waals surface area (Å²) < 4.78 is 0. The Labute approximate surface area is 108 Å². The minimum atomic E-state index is 1.02. The number of fused-ring (bicyclic) bond motifs is 1. The van der Waals surface area contributed by atoms with Gasteiger partial charge in [-0.25, -0.2) is 4.98 Å². The lowest BCUT2D eigenvalue weighted by Crippen LogP contribution is -2.46. The third-order valence-electron chi connectivity index (χ3n) is 3.59. The van der Waals surface area contributed by atoms with Gasteiger partial charge in [-0.2, -0.15) is 0 Å². The largest absolute Gasteiger partial charge is 0.340 e. The number of piperazine rings is 1. The van der Waals surface area contributed by atoms with Gasteiger partial charge in [0, 0.05) is 26.2 Å². The monoisotopic (exact) mass is 244 g/mol. The Kier molecular flexibility index (Phi) is 3.19. The quantitative estimate of drug-likeness (QED) is 0.898. The Balaban J connectivity index is 1.72. The highest BCUT2D eigenvalue weighted by Gasteiger charge is 2.18. The number of nitrogens with zero attached hydrogens (tertiary/aromatic N) is 3. The first-order valence-electron chi connectivity index (χ1n) is 6.79. The minimum absolute atomic E-state index is 1.02. The second-order valence-corrected chi connectivity index (χ2v) is 4.91. The molecule has 96 valence electrons. The van der Waals surface area contributed by atoms with Crippen molar-refractivity contribution < 1.29 is 0 Å². The van der Waals surface area contributed by atoms with Crippen LogP contribution in [0.3, 0.4) is 0 Å². The number of nitrogens with one attached hydrogen (secondary N) is 1. The van der Waals surface area contributed by atoms with Gasteiger partial charge in [0.1, 0.15) is 0 Å². The van der Waals surface area contributed by atoms with Gasteiger partial charge < -0.3 is 9.88 Å². The Morgan fingerprint density at radius 2 is 1.94 bits per heavy atom. The van der Waals surface area contributed by atoms with Crippen molar-refractivity contribution in [1.29, 1.82) is 0 Å². The average molecular weight is 244 g/mol. The molecular formula is C14H20N4. The summed E-state index contributed by atoms with van der Waals surface area (Å²) in [5.74, 6) is 1.02. The zero-order valence-corrected chi connectivity index (χ0v) is 10.9. The first kappa shape index (κ1) is 11.5. The SMILES string of the molecule is CCCN1CCN(c2nc3ccccc3[nH]2)CC1. The molecule has 18 heavy (non-hydrogen) atoms. The van der Waals surface area contributed by atoms with Gasteiger partial charge in [0.05, 0.1) is 11.0 Å². The highest BCUT2D eigenvalue weighted by Crippen LogP contribution is 2.18. The zero-order chi connectivity index (χ0) is 12.4. The molecule has 2 aromatic rings. The summed E-state index contributed by atoms with van der Waals surface area (Å²) in [6, 6.07) is 8.22. The number of benzene rings is 1. The highest BCUT2D eigenvalue weighted by molar-refractivity contribution is 5.77.